The van der Waals surface area contributed by atoms with Gasteiger partial charge in [0, 0.05) is 24.5 Å². The standard InChI is InChI=1S/C11H11N3O3.C9H7N3O3/c1-2-17-11(16)8-7-10(15)14(13-8)9-5-3-4-6-12-9;13-8-5-6(9(14)15)11-12(8)7-3-1-2-4-10-7/h3-7,13H,2H2,1H3;1-5,11H,(H,14,15). The minimum Gasteiger partial charge on any atom is -0.477 e. The summed E-state index contributed by atoms with van der Waals surface area (Å²) in [6, 6.07) is 12.4. The Balaban J connectivity index is 0.000000182. The maximum atomic E-state index is 11.6. The maximum Gasteiger partial charge on any atom is 0.356 e. The lowest BCUT2D eigenvalue weighted by Crippen LogP contribution is -2.14. The van der Waals surface area contributed by atoms with E-state index in [-0.39, 0.29) is 23.6 Å². The second-order valence-electron chi connectivity index (χ2n) is 6.09. The van der Waals surface area contributed by atoms with Gasteiger partial charge in [0.25, 0.3) is 11.1 Å². The fourth-order valence-corrected chi connectivity index (χ4v) is 2.53. The molecule has 0 radical (unpaired) electrons. The molecule has 0 aliphatic rings. The van der Waals surface area contributed by atoms with Gasteiger partial charge in [-0.15, -0.1) is 0 Å². The molecule has 12 heteroatoms. The van der Waals surface area contributed by atoms with Crippen LogP contribution in [0.25, 0.3) is 11.6 Å². The number of aromatic carboxylic acids is 1. The van der Waals surface area contributed by atoms with Gasteiger partial charge in [0.1, 0.15) is 11.4 Å². The van der Waals surface area contributed by atoms with E-state index in [1.807, 2.05) is 0 Å². The van der Waals surface area contributed by atoms with Gasteiger partial charge in [-0.3, -0.25) is 19.8 Å². The van der Waals surface area contributed by atoms with Gasteiger partial charge in [-0.05, 0) is 31.2 Å². The molecule has 0 aliphatic carbocycles. The predicted molar refractivity (Wildman–Crippen MR) is 111 cm³/mol. The number of ether oxygens (including phenoxy) is 1. The number of aromatic nitrogens is 6. The average molecular weight is 438 g/mol. The number of carbonyl (C=O) groups is 2. The molecule has 3 N–H and O–H groups in total. The van der Waals surface area contributed by atoms with Crippen LogP contribution in [-0.2, 0) is 4.74 Å². The van der Waals surface area contributed by atoms with Gasteiger partial charge in [-0.2, -0.15) is 0 Å². The van der Waals surface area contributed by atoms with Crippen LogP contribution in [-0.4, -0.2) is 53.2 Å². The zero-order chi connectivity index (χ0) is 23.1. The molecule has 0 aliphatic heterocycles. The van der Waals surface area contributed by atoms with Crippen LogP contribution in [0.1, 0.15) is 27.9 Å². The molecule has 0 aromatic carbocycles. The lowest BCUT2D eigenvalue weighted by molar-refractivity contribution is 0.0518. The molecule has 0 spiro atoms. The highest BCUT2D eigenvalue weighted by atomic mass is 16.5. The van der Waals surface area contributed by atoms with E-state index in [2.05, 4.69) is 20.2 Å². The lowest BCUT2D eigenvalue weighted by atomic mass is 10.4. The number of carboxylic acids is 1. The first kappa shape index (κ1) is 22.0. The first-order valence-corrected chi connectivity index (χ1v) is 9.28. The molecule has 4 aromatic heterocycles. The number of rotatable bonds is 5. The largest absolute Gasteiger partial charge is 0.477 e. The molecule has 4 rings (SSSR count). The van der Waals surface area contributed by atoms with Crippen molar-refractivity contribution in [2.75, 3.05) is 6.61 Å². The number of esters is 1. The quantitative estimate of drug-likeness (QED) is 0.388. The molecule has 4 aromatic rings. The molecule has 0 atom stereocenters. The van der Waals surface area contributed by atoms with Crippen LogP contribution in [0, 0.1) is 0 Å². The first-order valence-electron chi connectivity index (χ1n) is 9.28. The van der Waals surface area contributed by atoms with Crippen molar-refractivity contribution in [2.45, 2.75) is 6.92 Å². The Morgan fingerprint density at radius 1 is 0.906 bits per heavy atom. The first-order chi connectivity index (χ1) is 15.4. The molecule has 0 amide bonds. The summed E-state index contributed by atoms with van der Waals surface area (Å²) in [4.78, 5) is 52.9. The van der Waals surface area contributed by atoms with Crippen molar-refractivity contribution < 1.29 is 19.4 Å². The summed E-state index contributed by atoms with van der Waals surface area (Å²) >= 11 is 0. The third kappa shape index (κ3) is 5.05. The SMILES string of the molecule is CCOC(=O)c1cc(=O)n(-c2ccccn2)[nH]1.O=C(O)c1cc(=O)n(-c2ccccn2)[nH]1. The number of hydrogen-bond donors (Lipinski definition) is 3. The number of carbonyl (C=O) groups excluding carboxylic acids is 1. The van der Waals surface area contributed by atoms with Crippen molar-refractivity contribution in [3.05, 3.63) is 93.0 Å². The van der Waals surface area contributed by atoms with Gasteiger partial charge in [-0.25, -0.2) is 28.9 Å². The van der Waals surface area contributed by atoms with E-state index in [1.165, 1.54) is 16.9 Å². The van der Waals surface area contributed by atoms with Gasteiger partial charge >= 0.3 is 11.9 Å². The minimum absolute atomic E-state index is 0.113. The van der Waals surface area contributed by atoms with Crippen LogP contribution < -0.4 is 11.1 Å². The number of nitrogens with zero attached hydrogens (tertiary/aromatic N) is 4. The predicted octanol–water partition coefficient (Wildman–Crippen LogP) is 0.996. The Hall–Kier alpha value is -4.74. The molecule has 0 fully saturated rings. The van der Waals surface area contributed by atoms with Crippen molar-refractivity contribution in [2.24, 2.45) is 0 Å². The highest BCUT2D eigenvalue weighted by Crippen LogP contribution is 2.01. The van der Waals surface area contributed by atoms with Gasteiger partial charge in [0.05, 0.1) is 6.61 Å². The summed E-state index contributed by atoms with van der Waals surface area (Å²) in [5.74, 6) is -0.955. The zero-order valence-corrected chi connectivity index (χ0v) is 16.8. The third-order valence-electron chi connectivity index (χ3n) is 3.92. The zero-order valence-electron chi connectivity index (χ0n) is 16.8. The van der Waals surface area contributed by atoms with Crippen molar-refractivity contribution in [1.82, 2.24) is 29.5 Å². The number of carboxylic acid groups (broad SMARTS) is 1. The molecule has 0 bridgehead atoms. The summed E-state index contributed by atoms with van der Waals surface area (Å²) in [7, 11) is 0. The Morgan fingerprint density at radius 3 is 1.81 bits per heavy atom. The number of hydrogen-bond acceptors (Lipinski definition) is 7. The van der Waals surface area contributed by atoms with E-state index in [0.717, 1.165) is 10.7 Å². The number of pyridine rings is 2. The van der Waals surface area contributed by atoms with Crippen LogP contribution in [0.15, 0.2) is 70.5 Å². The van der Waals surface area contributed by atoms with Crippen LogP contribution in [0.4, 0.5) is 0 Å². The smallest absolute Gasteiger partial charge is 0.356 e. The molecular weight excluding hydrogens is 420 g/mol. The summed E-state index contributed by atoms with van der Waals surface area (Å²) in [5, 5.41) is 13.8. The minimum atomic E-state index is -1.18. The normalized spacial score (nSPS) is 10.2. The molecule has 12 nitrogen and oxygen atoms in total. The molecule has 32 heavy (non-hydrogen) atoms. The van der Waals surface area contributed by atoms with Gasteiger partial charge < -0.3 is 9.84 Å². The van der Waals surface area contributed by atoms with Crippen LogP contribution in [0.5, 0.6) is 0 Å². The van der Waals surface area contributed by atoms with Gasteiger partial charge in [0.15, 0.2) is 11.6 Å². The lowest BCUT2D eigenvalue weighted by Gasteiger charge is -2.00. The maximum absolute atomic E-state index is 11.6. The summed E-state index contributed by atoms with van der Waals surface area (Å²) in [6.07, 6.45) is 3.08. The molecule has 164 valence electrons. The van der Waals surface area contributed by atoms with Crippen molar-refractivity contribution >= 4 is 11.9 Å². The number of nitrogens with one attached hydrogen (secondary N) is 2. The molecule has 0 saturated heterocycles. The average Bonchev–Trinajstić information content (AvgIpc) is 3.39. The van der Waals surface area contributed by atoms with E-state index in [0.29, 0.717) is 11.6 Å². The number of aromatic amines is 2. The Bertz CT molecular complexity index is 1320. The number of H-pyrrole nitrogens is 2. The molecular formula is C20H18N6O6. The van der Waals surface area contributed by atoms with E-state index in [9.17, 15) is 19.2 Å². The van der Waals surface area contributed by atoms with Gasteiger partial charge in [0.2, 0.25) is 0 Å². The summed E-state index contributed by atoms with van der Waals surface area (Å²) in [5.41, 5.74) is -0.856. The molecule has 4 heterocycles. The van der Waals surface area contributed by atoms with Crippen LogP contribution >= 0.6 is 0 Å². The van der Waals surface area contributed by atoms with Crippen molar-refractivity contribution in [3.8, 4) is 11.6 Å². The molecule has 0 saturated carbocycles. The van der Waals surface area contributed by atoms with Crippen LogP contribution in [0.2, 0.25) is 0 Å². The van der Waals surface area contributed by atoms with E-state index >= 15 is 0 Å². The second kappa shape index (κ2) is 9.84. The third-order valence-corrected chi connectivity index (χ3v) is 3.92. The van der Waals surface area contributed by atoms with Crippen molar-refractivity contribution in [1.29, 1.82) is 0 Å². The highest BCUT2D eigenvalue weighted by molar-refractivity contribution is 5.87. The summed E-state index contributed by atoms with van der Waals surface area (Å²) in [6.45, 7) is 1.96. The van der Waals surface area contributed by atoms with E-state index in [1.54, 1.807) is 49.5 Å². The fourth-order valence-electron chi connectivity index (χ4n) is 2.53. The van der Waals surface area contributed by atoms with Gasteiger partial charge in [-0.1, -0.05) is 12.1 Å². The topological polar surface area (TPSA) is 165 Å². The Morgan fingerprint density at radius 2 is 1.41 bits per heavy atom. The highest BCUT2D eigenvalue weighted by Gasteiger charge is 2.13. The summed E-state index contributed by atoms with van der Waals surface area (Å²) < 4.78 is 7.05. The van der Waals surface area contributed by atoms with E-state index < -0.39 is 17.5 Å². The Kier molecular flexibility index (Phi) is 6.75. The van der Waals surface area contributed by atoms with E-state index in [4.69, 9.17) is 9.84 Å². The van der Waals surface area contributed by atoms with Crippen molar-refractivity contribution in [3.63, 3.8) is 0 Å². The van der Waals surface area contributed by atoms with Crippen LogP contribution in [0.3, 0.4) is 0 Å². The molecule has 0 unspecified atom stereocenters. The monoisotopic (exact) mass is 438 g/mol. The Labute approximate surface area is 179 Å². The fraction of sp³-hybridized carbons (Fsp3) is 0.100. The second-order valence-corrected chi connectivity index (χ2v) is 6.09.